The number of carbonyl (C=O) groups is 3. The molecule has 0 aliphatic carbocycles. The van der Waals surface area contributed by atoms with Crippen molar-refractivity contribution in [3.05, 3.63) is 57.3 Å². The zero-order chi connectivity index (χ0) is 20.3. The summed E-state index contributed by atoms with van der Waals surface area (Å²) < 4.78 is 0. The first kappa shape index (κ1) is 20.4. The highest BCUT2D eigenvalue weighted by atomic mass is 35.5. The number of nitrogens with zero attached hydrogens (tertiary/aromatic N) is 2. The summed E-state index contributed by atoms with van der Waals surface area (Å²) in [6, 6.07) is 7.43. The number of pyridine rings is 1. The van der Waals surface area contributed by atoms with Gasteiger partial charge in [-0.15, -0.1) is 0 Å². The third-order valence-electron chi connectivity index (χ3n) is 4.19. The summed E-state index contributed by atoms with van der Waals surface area (Å²) >= 11 is 17.6. The second-order valence-corrected chi connectivity index (χ2v) is 7.39. The number of hydrogen-bond acceptors (Lipinski definition) is 4. The van der Waals surface area contributed by atoms with Crippen LogP contribution < -0.4 is 10.6 Å². The van der Waals surface area contributed by atoms with E-state index >= 15 is 0 Å². The minimum absolute atomic E-state index is 0.00807. The zero-order valence-corrected chi connectivity index (χ0v) is 16.7. The molecule has 1 unspecified atom stereocenters. The number of urea groups is 1. The normalized spacial score (nSPS) is 16.2. The number of halogens is 3. The van der Waals surface area contributed by atoms with E-state index in [0.717, 1.165) is 4.90 Å². The lowest BCUT2D eigenvalue weighted by Crippen LogP contribution is -2.38. The lowest BCUT2D eigenvalue weighted by molar-refractivity contribution is -0.127. The van der Waals surface area contributed by atoms with Crippen LogP contribution in [0, 0.1) is 5.92 Å². The topological polar surface area (TPSA) is 91.4 Å². The molecule has 2 heterocycles. The van der Waals surface area contributed by atoms with Gasteiger partial charge in [0.2, 0.25) is 11.8 Å². The number of carbonyl (C=O) groups excluding carboxylic acids is 3. The molecule has 28 heavy (non-hydrogen) atoms. The Hall–Kier alpha value is -2.35. The van der Waals surface area contributed by atoms with Crippen LogP contribution in [0.2, 0.25) is 15.2 Å². The fourth-order valence-corrected chi connectivity index (χ4v) is 3.30. The second kappa shape index (κ2) is 8.77. The molecular formula is C18H15Cl3N4O3. The second-order valence-electron chi connectivity index (χ2n) is 6.16. The molecule has 0 saturated carbocycles. The number of amides is 4. The molecule has 1 atom stereocenters. The van der Waals surface area contributed by atoms with E-state index in [1.807, 2.05) is 0 Å². The Morgan fingerprint density at radius 3 is 2.64 bits per heavy atom. The maximum absolute atomic E-state index is 12.4. The van der Waals surface area contributed by atoms with Crippen molar-refractivity contribution in [2.24, 2.45) is 5.92 Å². The summed E-state index contributed by atoms with van der Waals surface area (Å²) in [4.78, 5) is 41.7. The van der Waals surface area contributed by atoms with E-state index in [4.69, 9.17) is 34.8 Å². The van der Waals surface area contributed by atoms with Crippen molar-refractivity contribution in [2.45, 2.75) is 13.0 Å². The van der Waals surface area contributed by atoms with Crippen LogP contribution in [0.3, 0.4) is 0 Å². The number of aromatic nitrogens is 1. The minimum atomic E-state index is -0.632. The first-order chi connectivity index (χ1) is 13.3. The van der Waals surface area contributed by atoms with Gasteiger partial charge in [0.25, 0.3) is 0 Å². The largest absolute Gasteiger partial charge is 0.352 e. The highest BCUT2D eigenvalue weighted by Gasteiger charge is 2.37. The van der Waals surface area contributed by atoms with E-state index in [-0.39, 0.29) is 30.6 Å². The average Bonchev–Trinajstić information content (AvgIpc) is 3.04. The van der Waals surface area contributed by atoms with Gasteiger partial charge in [-0.3, -0.25) is 14.5 Å². The van der Waals surface area contributed by atoms with Gasteiger partial charge < -0.3 is 10.6 Å². The summed E-state index contributed by atoms with van der Waals surface area (Å²) in [5.74, 6) is -1.39. The summed E-state index contributed by atoms with van der Waals surface area (Å²) in [6.45, 7) is 0.189. The van der Waals surface area contributed by atoms with Crippen LogP contribution in [0.15, 0.2) is 36.5 Å². The molecule has 4 amide bonds. The summed E-state index contributed by atoms with van der Waals surface area (Å²) in [6.07, 6.45) is 1.33. The molecule has 1 aromatic heterocycles. The standard InChI is InChI=1S/C18H15Cl3N4O3/c19-12-2-1-10(14(20)6-12)7-23-17(27)11-5-16(26)25(9-11)18(28)24-13-3-4-15(21)22-8-13/h1-4,6,8,11H,5,7,9H2,(H,23,27)(H,24,28). The lowest BCUT2D eigenvalue weighted by atomic mass is 10.1. The van der Waals surface area contributed by atoms with Gasteiger partial charge in [0.15, 0.2) is 0 Å². The Morgan fingerprint density at radius 2 is 1.96 bits per heavy atom. The summed E-state index contributed by atoms with van der Waals surface area (Å²) in [5.41, 5.74) is 1.10. The molecule has 10 heteroatoms. The first-order valence-electron chi connectivity index (χ1n) is 8.28. The van der Waals surface area contributed by atoms with Crippen LogP contribution in [0.1, 0.15) is 12.0 Å². The van der Waals surface area contributed by atoms with Crippen molar-refractivity contribution < 1.29 is 14.4 Å². The van der Waals surface area contributed by atoms with Crippen molar-refractivity contribution in [2.75, 3.05) is 11.9 Å². The maximum Gasteiger partial charge on any atom is 0.328 e. The van der Waals surface area contributed by atoms with E-state index in [0.29, 0.717) is 21.3 Å². The van der Waals surface area contributed by atoms with Gasteiger partial charge in [0.05, 0.1) is 17.8 Å². The van der Waals surface area contributed by atoms with Gasteiger partial charge in [0.1, 0.15) is 5.15 Å². The molecular weight excluding hydrogens is 427 g/mol. The molecule has 1 aromatic carbocycles. The molecule has 7 nitrogen and oxygen atoms in total. The third-order valence-corrected chi connectivity index (χ3v) is 5.00. The Labute approximate surface area is 176 Å². The fraction of sp³-hybridized carbons (Fsp3) is 0.222. The number of likely N-dealkylation sites (tertiary alicyclic amines) is 1. The number of rotatable bonds is 4. The molecule has 0 bridgehead atoms. The van der Waals surface area contributed by atoms with Gasteiger partial charge in [-0.2, -0.15) is 0 Å². The number of hydrogen-bond donors (Lipinski definition) is 2. The molecule has 2 aromatic rings. The Bertz CT molecular complexity index is 921. The van der Waals surface area contributed by atoms with E-state index in [1.165, 1.54) is 12.3 Å². The average molecular weight is 442 g/mol. The smallest absolute Gasteiger partial charge is 0.328 e. The highest BCUT2D eigenvalue weighted by molar-refractivity contribution is 6.35. The van der Waals surface area contributed by atoms with Crippen molar-refractivity contribution >= 4 is 58.3 Å². The molecule has 146 valence electrons. The molecule has 1 aliphatic rings. The van der Waals surface area contributed by atoms with E-state index < -0.39 is 17.9 Å². The van der Waals surface area contributed by atoms with Gasteiger partial charge in [0, 0.05) is 29.6 Å². The van der Waals surface area contributed by atoms with Crippen LogP contribution in [0.25, 0.3) is 0 Å². The van der Waals surface area contributed by atoms with Crippen LogP contribution >= 0.6 is 34.8 Å². The van der Waals surface area contributed by atoms with Crippen LogP contribution in [0.4, 0.5) is 10.5 Å². The third kappa shape index (κ3) is 4.92. The maximum atomic E-state index is 12.4. The molecule has 2 N–H and O–H groups in total. The summed E-state index contributed by atoms with van der Waals surface area (Å²) in [5, 5.41) is 6.51. The SMILES string of the molecule is O=C(NCc1ccc(Cl)cc1Cl)C1CC(=O)N(C(=O)Nc2ccc(Cl)nc2)C1. The molecule has 1 fully saturated rings. The Morgan fingerprint density at radius 1 is 1.18 bits per heavy atom. The number of nitrogens with one attached hydrogen (secondary N) is 2. The zero-order valence-electron chi connectivity index (χ0n) is 14.4. The monoisotopic (exact) mass is 440 g/mol. The Kier molecular flexibility index (Phi) is 6.39. The highest BCUT2D eigenvalue weighted by Crippen LogP contribution is 2.22. The van der Waals surface area contributed by atoms with Crippen LogP contribution in [-0.2, 0) is 16.1 Å². The van der Waals surface area contributed by atoms with Gasteiger partial charge in [-0.1, -0.05) is 40.9 Å². The van der Waals surface area contributed by atoms with Crippen LogP contribution in [0.5, 0.6) is 0 Å². The van der Waals surface area contributed by atoms with Gasteiger partial charge in [-0.05, 0) is 29.8 Å². The van der Waals surface area contributed by atoms with Crippen LogP contribution in [-0.4, -0.2) is 34.3 Å². The number of anilines is 1. The van der Waals surface area contributed by atoms with E-state index in [2.05, 4.69) is 15.6 Å². The Balaban J connectivity index is 1.56. The summed E-state index contributed by atoms with van der Waals surface area (Å²) in [7, 11) is 0. The molecule has 1 aliphatic heterocycles. The molecule has 0 radical (unpaired) electrons. The number of benzene rings is 1. The minimum Gasteiger partial charge on any atom is -0.352 e. The molecule has 1 saturated heterocycles. The van der Waals surface area contributed by atoms with Gasteiger partial charge in [-0.25, -0.2) is 9.78 Å². The van der Waals surface area contributed by atoms with Crippen molar-refractivity contribution in [1.82, 2.24) is 15.2 Å². The van der Waals surface area contributed by atoms with Crippen molar-refractivity contribution in [3.8, 4) is 0 Å². The van der Waals surface area contributed by atoms with E-state index in [1.54, 1.807) is 24.3 Å². The molecule has 0 spiro atoms. The van der Waals surface area contributed by atoms with E-state index in [9.17, 15) is 14.4 Å². The first-order valence-corrected chi connectivity index (χ1v) is 9.41. The quantitative estimate of drug-likeness (QED) is 0.707. The number of imide groups is 1. The van der Waals surface area contributed by atoms with Crippen molar-refractivity contribution in [1.29, 1.82) is 0 Å². The van der Waals surface area contributed by atoms with Crippen molar-refractivity contribution in [3.63, 3.8) is 0 Å². The van der Waals surface area contributed by atoms with Gasteiger partial charge >= 0.3 is 6.03 Å². The predicted molar refractivity (Wildman–Crippen MR) is 106 cm³/mol. The molecule has 3 rings (SSSR count). The fourth-order valence-electron chi connectivity index (χ4n) is 2.71. The predicted octanol–water partition coefficient (Wildman–Crippen LogP) is 3.74. The lowest BCUT2D eigenvalue weighted by Gasteiger charge is -2.16.